The number of hydrogen-bond donors (Lipinski definition) is 1. The average Bonchev–Trinajstić information content (AvgIpc) is 2.77. The fourth-order valence-electron chi connectivity index (χ4n) is 4.03. The van der Waals surface area contributed by atoms with Crippen molar-refractivity contribution >= 4 is 28.4 Å². The van der Waals surface area contributed by atoms with E-state index in [1.807, 2.05) is 51.1 Å². The van der Waals surface area contributed by atoms with Crippen LogP contribution in [0.25, 0.3) is 10.9 Å². The van der Waals surface area contributed by atoms with Crippen LogP contribution in [0.4, 0.5) is 5.69 Å². The van der Waals surface area contributed by atoms with Crippen LogP contribution in [0.15, 0.2) is 42.5 Å². The Morgan fingerprint density at radius 2 is 1.76 bits per heavy atom. The van der Waals surface area contributed by atoms with Crippen molar-refractivity contribution in [3.63, 3.8) is 0 Å². The molecule has 0 spiro atoms. The molecule has 3 rings (SSSR count). The van der Waals surface area contributed by atoms with Crippen LogP contribution in [0.5, 0.6) is 0 Å². The molecule has 5 nitrogen and oxygen atoms in total. The zero-order valence-electron chi connectivity index (χ0n) is 20.4. The van der Waals surface area contributed by atoms with Gasteiger partial charge in [0.05, 0.1) is 0 Å². The second-order valence-electron chi connectivity index (χ2n) is 9.02. The normalized spacial score (nSPS) is 11.3. The molecule has 0 unspecified atom stereocenters. The van der Waals surface area contributed by atoms with Crippen molar-refractivity contribution < 1.29 is 24.9 Å². The first-order valence-electron chi connectivity index (χ1n) is 11.4. The number of rotatable bonds is 6. The van der Waals surface area contributed by atoms with E-state index in [0.717, 1.165) is 32.8 Å². The molecule has 0 bridgehead atoms. The molecule has 6 heteroatoms. The van der Waals surface area contributed by atoms with Gasteiger partial charge in [-0.15, -0.1) is 0 Å². The molecule has 0 saturated carbocycles. The molecule has 0 aliphatic rings. The van der Waals surface area contributed by atoms with Crippen molar-refractivity contribution in [2.45, 2.75) is 60.0 Å². The van der Waals surface area contributed by atoms with Crippen molar-refractivity contribution in [2.24, 2.45) is 0 Å². The molecular formula is C27H33CoN3O2. The van der Waals surface area contributed by atoms with Gasteiger partial charge in [0.2, 0.25) is 0 Å². The molecule has 1 N–H and O–H groups in total. The van der Waals surface area contributed by atoms with Gasteiger partial charge in [0.15, 0.2) is 0 Å². The molecule has 0 radical (unpaired) electrons. The van der Waals surface area contributed by atoms with E-state index >= 15 is 0 Å². The van der Waals surface area contributed by atoms with Gasteiger partial charge in [0, 0.05) is 6.04 Å². The van der Waals surface area contributed by atoms with Crippen molar-refractivity contribution in [1.29, 1.82) is 0 Å². The number of benzene rings is 2. The SMILES string of the molecule is CCn1[c](=[Co])cc(C(C)C)c2cc(C(=O)N(C)c3ccc(C)c(C(=O)NC(C)C)c3)ccc21. The average molecular weight is 491 g/mol. The summed E-state index contributed by atoms with van der Waals surface area (Å²) >= 11 is 4.73. The molecule has 0 aliphatic carbocycles. The summed E-state index contributed by atoms with van der Waals surface area (Å²) < 4.78 is 3.04. The van der Waals surface area contributed by atoms with E-state index in [1.165, 1.54) is 0 Å². The molecule has 0 saturated heterocycles. The maximum atomic E-state index is 13.4. The standard InChI is InChI=1S/C27H33N3O2.Co/c1-8-30-14-13-22(17(2)3)24-15-20(10-12-25(24)30)27(32)29(7)21-11-9-19(6)23(16-21)26(31)28-18(4)5;/h9-13,15-18H,8H2,1-7H3,(H,28,31);. The van der Waals surface area contributed by atoms with Gasteiger partial charge in [0.1, 0.15) is 0 Å². The molecule has 33 heavy (non-hydrogen) atoms. The third-order valence-electron chi connectivity index (χ3n) is 5.87. The van der Waals surface area contributed by atoms with E-state index in [4.69, 9.17) is 15.3 Å². The Labute approximate surface area is 203 Å². The molecule has 1 heterocycles. The molecule has 177 valence electrons. The zero-order valence-corrected chi connectivity index (χ0v) is 21.5. The summed E-state index contributed by atoms with van der Waals surface area (Å²) in [5.41, 5.74) is 4.96. The predicted octanol–water partition coefficient (Wildman–Crippen LogP) is 5.59. The molecule has 1 aromatic heterocycles. The van der Waals surface area contributed by atoms with Crippen molar-refractivity contribution in [1.82, 2.24) is 9.88 Å². The van der Waals surface area contributed by atoms with E-state index in [-0.39, 0.29) is 17.9 Å². The van der Waals surface area contributed by atoms with Crippen LogP contribution in [0.2, 0.25) is 0 Å². The summed E-state index contributed by atoms with van der Waals surface area (Å²) in [6, 6.07) is 13.5. The quantitative estimate of drug-likeness (QED) is 0.490. The number of nitrogens with zero attached hydrogens (tertiary/aromatic N) is 2. The first-order chi connectivity index (χ1) is 15.5. The van der Waals surface area contributed by atoms with Crippen LogP contribution in [-0.4, -0.2) is 29.5 Å². The van der Waals surface area contributed by atoms with Gasteiger partial charge in [-0.25, -0.2) is 0 Å². The van der Waals surface area contributed by atoms with E-state index in [2.05, 4.69) is 36.7 Å². The molecule has 2 aromatic carbocycles. The third-order valence-corrected chi connectivity index (χ3v) is 6.31. The number of hydrogen-bond acceptors (Lipinski definition) is 2. The second kappa shape index (κ2) is 10.1. The molecule has 3 aromatic rings. The van der Waals surface area contributed by atoms with Gasteiger partial charge in [-0.1, -0.05) is 0 Å². The monoisotopic (exact) mass is 490 g/mol. The Kier molecular flexibility index (Phi) is 7.60. The number of fused-ring (bicyclic) bond motifs is 1. The van der Waals surface area contributed by atoms with Gasteiger partial charge in [-0.05, 0) is 20.8 Å². The Morgan fingerprint density at radius 3 is 2.36 bits per heavy atom. The number of aromatic nitrogens is 1. The molecule has 0 aliphatic heterocycles. The van der Waals surface area contributed by atoms with Crippen LogP contribution in [0, 0.1) is 11.2 Å². The summed E-state index contributed by atoms with van der Waals surface area (Å²) in [6.45, 7) is 12.9. The van der Waals surface area contributed by atoms with E-state index in [9.17, 15) is 9.59 Å². The molecule has 0 fully saturated rings. The predicted molar refractivity (Wildman–Crippen MR) is 131 cm³/mol. The number of amides is 2. The first kappa shape index (κ1) is 24.9. The van der Waals surface area contributed by atoms with Crippen molar-refractivity contribution in [3.8, 4) is 0 Å². The van der Waals surface area contributed by atoms with E-state index in [1.54, 1.807) is 18.0 Å². The van der Waals surface area contributed by atoms with E-state index in [0.29, 0.717) is 22.7 Å². The fraction of sp³-hybridized carbons (Fsp3) is 0.370. The van der Waals surface area contributed by atoms with Crippen LogP contribution in [-0.2, 0) is 21.8 Å². The Hall–Kier alpha value is -2.70. The maximum absolute atomic E-state index is 13.4. The van der Waals surface area contributed by atoms with Crippen LogP contribution >= 0.6 is 0 Å². The van der Waals surface area contributed by atoms with Gasteiger partial charge < -0.3 is 5.32 Å². The second-order valence-corrected chi connectivity index (χ2v) is 9.56. The summed E-state index contributed by atoms with van der Waals surface area (Å²) in [5.74, 6) is 0.0399. The van der Waals surface area contributed by atoms with Gasteiger partial charge in [-0.2, -0.15) is 0 Å². The minimum atomic E-state index is -0.135. The number of nitrogens with one attached hydrogen (secondary N) is 1. The van der Waals surface area contributed by atoms with Gasteiger partial charge in [-0.3, -0.25) is 4.79 Å². The molecule has 2 amide bonds. The Balaban J connectivity index is 2.04. The summed E-state index contributed by atoms with van der Waals surface area (Å²) in [4.78, 5) is 27.6. The van der Waals surface area contributed by atoms with Gasteiger partial charge >= 0.3 is 167 Å². The number of anilines is 1. The van der Waals surface area contributed by atoms with Gasteiger partial charge in [0.25, 0.3) is 0 Å². The summed E-state index contributed by atoms with van der Waals surface area (Å²) in [6.07, 6.45) is 0. The van der Waals surface area contributed by atoms with Crippen LogP contribution < -0.4 is 10.2 Å². The summed E-state index contributed by atoms with van der Waals surface area (Å²) in [5, 5.41) is 3.99. The number of pyridine rings is 1. The number of carbonyl (C=O) groups is 2. The Morgan fingerprint density at radius 1 is 1.06 bits per heavy atom. The van der Waals surface area contributed by atoms with Crippen LogP contribution in [0.1, 0.15) is 72.4 Å². The Bertz CT molecular complexity index is 1270. The number of carbonyl (C=O) groups excluding carboxylic acids is 2. The minimum absolute atomic E-state index is 0.0381. The zero-order chi connectivity index (χ0) is 24.4. The topological polar surface area (TPSA) is 54.3 Å². The first-order valence-corrected chi connectivity index (χ1v) is 11.9. The molecule has 0 atom stereocenters. The van der Waals surface area contributed by atoms with Crippen LogP contribution in [0.3, 0.4) is 0 Å². The number of aryl methyl sites for hydroxylation is 2. The van der Waals surface area contributed by atoms with Crippen molar-refractivity contribution in [2.75, 3.05) is 11.9 Å². The van der Waals surface area contributed by atoms with E-state index < -0.39 is 0 Å². The fourth-order valence-corrected chi connectivity index (χ4v) is 4.48. The molecular weight excluding hydrogens is 457 g/mol. The third kappa shape index (κ3) is 5.12. The van der Waals surface area contributed by atoms with Crippen molar-refractivity contribution in [3.05, 3.63) is 68.9 Å². The summed E-state index contributed by atoms with van der Waals surface area (Å²) in [7, 11) is 1.74.